The lowest BCUT2D eigenvalue weighted by Crippen LogP contribution is -1.95. The second kappa shape index (κ2) is 4.63. The zero-order chi connectivity index (χ0) is 11.5. The average molecular weight is 239 g/mol. The summed E-state index contributed by atoms with van der Waals surface area (Å²) in [4.78, 5) is 4.71. The van der Waals surface area contributed by atoms with Gasteiger partial charge in [0, 0.05) is 4.90 Å². The first-order valence-corrected chi connectivity index (χ1v) is 5.49. The van der Waals surface area contributed by atoms with Crippen molar-refractivity contribution in [2.75, 3.05) is 0 Å². The van der Waals surface area contributed by atoms with Crippen LogP contribution in [0.15, 0.2) is 34.6 Å². The third kappa shape index (κ3) is 2.40. The maximum absolute atomic E-state index is 13.0. The topological polar surface area (TPSA) is 61.8 Å². The molecule has 0 aliphatic heterocycles. The largest absolute Gasteiger partial charge is 0.389 e. The Labute approximate surface area is 95.9 Å². The molecule has 1 heterocycles. The van der Waals surface area contributed by atoms with Gasteiger partial charge in [-0.15, -0.1) is 0 Å². The summed E-state index contributed by atoms with van der Waals surface area (Å²) in [5.41, 5.74) is 0.543. The van der Waals surface area contributed by atoms with E-state index in [1.807, 2.05) is 0 Å². The van der Waals surface area contributed by atoms with Crippen molar-refractivity contribution >= 4 is 11.8 Å². The predicted molar refractivity (Wildman–Crippen MR) is 57.5 cm³/mol. The maximum atomic E-state index is 13.0. The van der Waals surface area contributed by atoms with E-state index < -0.39 is 6.10 Å². The predicted octanol–water partition coefficient (Wildman–Crippen LogP) is 2.15. The van der Waals surface area contributed by atoms with Gasteiger partial charge < -0.3 is 5.11 Å². The fourth-order valence-corrected chi connectivity index (χ4v) is 2.18. The number of hydrogen-bond acceptors (Lipinski definition) is 4. The highest BCUT2D eigenvalue weighted by molar-refractivity contribution is 7.99. The molecular weight excluding hydrogens is 229 g/mol. The van der Waals surface area contributed by atoms with Crippen LogP contribution in [-0.4, -0.2) is 20.3 Å². The summed E-state index contributed by atoms with van der Waals surface area (Å²) in [5, 5.41) is 16.5. The van der Waals surface area contributed by atoms with Crippen LogP contribution >= 0.6 is 11.8 Å². The van der Waals surface area contributed by atoms with Gasteiger partial charge in [-0.25, -0.2) is 9.37 Å². The van der Waals surface area contributed by atoms with Gasteiger partial charge in [0.25, 0.3) is 0 Å². The van der Waals surface area contributed by atoms with Crippen LogP contribution in [0.1, 0.15) is 18.6 Å². The van der Waals surface area contributed by atoms with Crippen molar-refractivity contribution in [1.29, 1.82) is 0 Å². The Kier molecular flexibility index (Phi) is 3.21. The molecule has 2 aromatic rings. The molecule has 1 atom stereocenters. The third-order valence-electron chi connectivity index (χ3n) is 2.02. The summed E-state index contributed by atoms with van der Waals surface area (Å²) in [6, 6.07) is 4.29. The van der Waals surface area contributed by atoms with Gasteiger partial charge in [0.05, 0.1) is 6.10 Å². The van der Waals surface area contributed by atoms with Crippen LogP contribution in [0.2, 0.25) is 0 Å². The van der Waals surface area contributed by atoms with Crippen molar-refractivity contribution in [3.63, 3.8) is 0 Å². The molecule has 1 aromatic carbocycles. The molecule has 16 heavy (non-hydrogen) atoms. The van der Waals surface area contributed by atoms with Crippen LogP contribution in [0.5, 0.6) is 0 Å². The third-order valence-corrected chi connectivity index (χ3v) is 3.00. The number of aromatic amines is 1. The van der Waals surface area contributed by atoms with Crippen molar-refractivity contribution in [2.24, 2.45) is 0 Å². The molecule has 2 N–H and O–H groups in total. The highest BCUT2D eigenvalue weighted by atomic mass is 32.2. The first kappa shape index (κ1) is 11.1. The molecule has 84 valence electrons. The number of rotatable bonds is 3. The van der Waals surface area contributed by atoms with Crippen molar-refractivity contribution in [2.45, 2.75) is 23.1 Å². The number of hydrogen-bond donors (Lipinski definition) is 2. The van der Waals surface area contributed by atoms with Crippen LogP contribution in [-0.2, 0) is 0 Å². The Bertz CT molecular complexity index is 473. The number of aliphatic hydroxyl groups excluding tert-OH is 1. The molecule has 0 fully saturated rings. The Balaban J connectivity index is 2.33. The number of H-pyrrole nitrogens is 1. The van der Waals surface area contributed by atoms with E-state index >= 15 is 0 Å². The van der Waals surface area contributed by atoms with E-state index in [0.717, 1.165) is 4.90 Å². The van der Waals surface area contributed by atoms with Crippen LogP contribution < -0.4 is 0 Å². The molecule has 0 saturated heterocycles. The fraction of sp³-hybridized carbons (Fsp3) is 0.200. The molecular formula is C10H10FN3OS. The molecule has 0 bridgehead atoms. The quantitative estimate of drug-likeness (QED) is 0.861. The molecule has 0 spiro atoms. The normalized spacial score (nSPS) is 12.7. The number of nitrogens with one attached hydrogen (secondary N) is 1. The minimum absolute atomic E-state index is 0.363. The smallest absolute Gasteiger partial charge is 0.188 e. The van der Waals surface area contributed by atoms with E-state index in [9.17, 15) is 9.50 Å². The summed E-state index contributed by atoms with van der Waals surface area (Å²) in [6.07, 6.45) is 0.676. The Morgan fingerprint density at radius 3 is 2.94 bits per heavy atom. The van der Waals surface area contributed by atoms with Crippen molar-refractivity contribution in [1.82, 2.24) is 15.2 Å². The second-order valence-corrected chi connectivity index (χ2v) is 4.28. The lowest BCUT2D eigenvalue weighted by molar-refractivity contribution is 0.196. The molecule has 0 unspecified atom stereocenters. The first-order chi connectivity index (χ1) is 7.66. The van der Waals surface area contributed by atoms with Gasteiger partial charge in [-0.3, -0.25) is 5.10 Å². The molecule has 1 aromatic heterocycles. The van der Waals surface area contributed by atoms with Gasteiger partial charge in [-0.05, 0) is 42.4 Å². The van der Waals surface area contributed by atoms with Crippen molar-refractivity contribution in [3.8, 4) is 0 Å². The average Bonchev–Trinajstić information content (AvgIpc) is 2.73. The second-order valence-electron chi connectivity index (χ2n) is 3.25. The molecule has 6 heteroatoms. The van der Waals surface area contributed by atoms with Gasteiger partial charge in [-0.1, -0.05) is 0 Å². The highest BCUT2D eigenvalue weighted by Crippen LogP contribution is 2.31. The summed E-state index contributed by atoms with van der Waals surface area (Å²) in [5.74, 6) is -0.363. The standard InChI is InChI=1S/C10H10FN3OS/c1-6(15)8-4-7(11)2-3-9(8)16-10-12-5-13-14-10/h2-6,15H,1H3,(H,12,13,14)/t6-/m1/s1. The maximum Gasteiger partial charge on any atom is 0.188 e. The minimum Gasteiger partial charge on any atom is -0.389 e. The number of aromatic nitrogens is 3. The Morgan fingerprint density at radius 2 is 2.31 bits per heavy atom. The first-order valence-electron chi connectivity index (χ1n) is 4.67. The summed E-state index contributed by atoms with van der Waals surface area (Å²) < 4.78 is 13.0. The van der Waals surface area contributed by atoms with E-state index in [-0.39, 0.29) is 5.82 Å². The van der Waals surface area contributed by atoms with Crippen LogP contribution in [0.25, 0.3) is 0 Å². The Morgan fingerprint density at radius 1 is 1.50 bits per heavy atom. The summed E-state index contributed by atoms with van der Waals surface area (Å²) >= 11 is 1.30. The summed E-state index contributed by atoms with van der Waals surface area (Å²) in [7, 11) is 0. The molecule has 2 rings (SSSR count). The molecule has 4 nitrogen and oxygen atoms in total. The Hall–Kier alpha value is -1.40. The van der Waals surface area contributed by atoms with Crippen LogP contribution in [0, 0.1) is 5.82 Å². The van der Waals surface area contributed by atoms with Crippen LogP contribution in [0.4, 0.5) is 4.39 Å². The number of nitrogens with zero attached hydrogens (tertiary/aromatic N) is 2. The lowest BCUT2D eigenvalue weighted by Gasteiger charge is -2.10. The van der Waals surface area contributed by atoms with Gasteiger partial charge in [0.15, 0.2) is 5.16 Å². The van der Waals surface area contributed by atoms with E-state index in [2.05, 4.69) is 15.2 Å². The van der Waals surface area contributed by atoms with Gasteiger partial charge in [-0.2, -0.15) is 5.10 Å². The van der Waals surface area contributed by atoms with Crippen LogP contribution in [0.3, 0.4) is 0 Å². The number of halogens is 1. The molecule has 0 saturated carbocycles. The van der Waals surface area contributed by atoms with Crippen molar-refractivity contribution < 1.29 is 9.50 Å². The summed E-state index contributed by atoms with van der Waals surface area (Å²) in [6.45, 7) is 1.60. The van der Waals surface area contributed by atoms with Gasteiger partial charge in [0.2, 0.25) is 0 Å². The zero-order valence-corrected chi connectivity index (χ0v) is 9.33. The molecule has 0 radical (unpaired) electrons. The molecule has 0 amide bonds. The van der Waals surface area contributed by atoms with E-state index in [4.69, 9.17) is 0 Å². The lowest BCUT2D eigenvalue weighted by atomic mass is 10.1. The van der Waals surface area contributed by atoms with E-state index in [1.165, 1.54) is 30.2 Å². The SMILES string of the molecule is C[C@@H](O)c1cc(F)ccc1Sc1ncn[nH]1. The number of benzene rings is 1. The zero-order valence-electron chi connectivity index (χ0n) is 8.51. The van der Waals surface area contributed by atoms with Crippen molar-refractivity contribution in [3.05, 3.63) is 35.9 Å². The van der Waals surface area contributed by atoms with E-state index in [0.29, 0.717) is 10.7 Å². The fourth-order valence-electron chi connectivity index (χ4n) is 1.29. The molecule has 0 aliphatic rings. The molecule has 0 aliphatic carbocycles. The van der Waals surface area contributed by atoms with Gasteiger partial charge in [0.1, 0.15) is 12.1 Å². The monoisotopic (exact) mass is 239 g/mol. The number of aliphatic hydroxyl groups is 1. The van der Waals surface area contributed by atoms with E-state index in [1.54, 1.807) is 13.0 Å². The minimum atomic E-state index is -0.721. The highest BCUT2D eigenvalue weighted by Gasteiger charge is 2.11. The van der Waals surface area contributed by atoms with Gasteiger partial charge >= 0.3 is 0 Å².